The second-order valence-corrected chi connectivity index (χ2v) is 7.21. The molecule has 0 atom stereocenters. The quantitative estimate of drug-likeness (QED) is 0.477. The fourth-order valence-electron chi connectivity index (χ4n) is 3.25. The van der Waals surface area contributed by atoms with Crippen LogP contribution in [0.1, 0.15) is 32.7 Å². The van der Waals surface area contributed by atoms with E-state index in [2.05, 4.69) is 10.6 Å². The Hall–Kier alpha value is -3.46. The Kier molecular flexibility index (Phi) is 7.19. The normalized spacial score (nSPS) is 12.4. The molecule has 0 bridgehead atoms. The van der Waals surface area contributed by atoms with Crippen LogP contribution in [0.4, 0.5) is 0 Å². The molecule has 2 aromatic carbocycles. The molecule has 0 saturated heterocycles. The van der Waals surface area contributed by atoms with Crippen LogP contribution in [-0.4, -0.2) is 55.0 Å². The van der Waals surface area contributed by atoms with Gasteiger partial charge < -0.3 is 20.1 Å². The Labute approximate surface area is 185 Å². The zero-order valence-corrected chi connectivity index (χ0v) is 18.1. The van der Waals surface area contributed by atoms with Gasteiger partial charge in [0.05, 0.1) is 25.3 Å². The van der Waals surface area contributed by atoms with E-state index in [4.69, 9.17) is 21.7 Å². The smallest absolute Gasteiger partial charge is 0.261 e. The number of imide groups is 1. The van der Waals surface area contributed by atoms with E-state index in [1.807, 2.05) is 18.2 Å². The number of rotatable bonds is 8. The van der Waals surface area contributed by atoms with E-state index >= 15 is 0 Å². The van der Waals surface area contributed by atoms with Crippen LogP contribution in [0.2, 0.25) is 0 Å². The monoisotopic (exact) mass is 441 g/mol. The molecule has 3 rings (SSSR count). The summed E-state index contributed by atoms with van der Waals surface area (Å²) < 4.78 is 10.5. The number of carbonyl (C=O) groups excluding carboxylic acids is 3. The Morgan fingerprint density at radius 2 is 1.65 bits per heavy atom. The van der Waals surface area contributed by atoms with Crippen molar-refractivity contribution in [3.8, 4) is 11.5 Å². The van der Waals surface area contributed by atoms with Gasteiger partial charge in [0.15, 0.2) is 16.6 Å². The van der Waals surface area contributed by atoms with Gasteiger partial charge in [-0.25, -0.2) is 0 Å². The Bertz CT molecular complexity index is 989. The van der Waals surface area contributed by atoms with E-state index in [1.165, 1.54) is 0 Å². The first-order valence-electron chi connectivity index (χ1n) is 9.68. The van der Waals surface area contributed by atoms with E-state index in [-0.39, 0.29) is 35.8 Å². The predicted octanol–water partition coefficient (Wildman–Crippen LogP) is 1.92. The lowest BCUT2D eigenvalue weighted by molar-refractivity contribution is -0.119. The minimum atomic E-state index is -0.385. The number of thiocarbonyl (C=S) groups is 1. The molecule has 0 fully saturated rings. The van der Waals surface area contributed by atoms with E-state index in [9.17, 15) is 14.4 Å². The van der Waals surface area contributed by atoms with E-state index in [1.54, 1.807) is 38.5 Å². The maximum atomic E-state index is 12.3. The molecule has 0 saturated carbocycles. The van der Waals surface area contributed by atoms with Gasteiger partial charge in [-0.2, -0.15) is 0 Å². The highest BCUT2D eigenvalue weighted by molar-refractivity contribution is 7.80. The van der Waals surface area contributed by atoms with Crippen molar-refractivity contribution in [1.82, 2.24) is 15.5 Å². The summed E-state index contributed by atoms with van der Waals surface area (Å²) in [6.45, 7) is 0.499. The van der Waals surface area contributed by atoms with Gasteiger partial charge in [-0.15, -0.1) is 0 Å². The molecule has 162 valence electrons. The second kappa shape index (κ2) is 10.0. The van der Waals surface area contributed by atoms with Gasteiger partial charge in [0.1, 0.15) is 0 Å². The molecule has 1 heterocycles. The third-order valence-electron chi connectivity index (χ3n) is 4.84. The molecular formula is C22H23N3O5S. The number of carbonyl (C=O) groups is 3. The van der Waals surface area contributed by atoms with Crippen LogP contribution in [0.15, 0.2) is 42.5 Å². The molecular weight excluding hydrogens is 418 g/mol. The first-order valence-corrected chi connectivity index (χ1v) is 10.1. The SMILES string of the molecule is COc1ccc(CCNC(=S)NC(=O)CCN2C(=O)c3ccccc3C2=O)cc1OC. The van der Waals surface area contributed by atoms with Crippen molar-refractivity contribution in [1.29, 1.82) is 0 Å². The zero-order valence-electron chi connectivity index (χ0n) is 17.3. The summed E-state index contributed by atoms with van der Waals surface area (Å²) in [7, 11) is 3.15. The topological polar surface area (TPSA) is 97.0 Å². The Morgan fingerprint density at radius 3 is 2.26 bits per heavy atom. The molecule has 0 aliphatic carbocycles. The molecule has 0 aromatic heterocycles. The summed E-state index contributed by atoms with van der Waals surface area (Å²) in [5, 5.41) is 5.72. The first-order chi connectivity index (χ1) is 14.9. The molecule has 8 nitrogen and oxygen atoms in total. The number of amides is 3. The van der Waals surface area contributed by atoms with Gasteiger partial charge in [-0.3, -0.25) is 19.3 Å². The lowest BCUT2D eigenvalue weighted by Gasteiger charge is -2.14. The third-order valence-corrected chi connectivity index (χ3v) is 5.09. The molecule has 2 aromatic rings. The molecule has 0 unspecified atom stereocenters. The van der Waals surface area contributed by atoms with Gasteiger partial charge in [0, 0.05) is 19.5 Å². The number of benzene rings is 2. The molecule has 2 N–H and O–H groups in total. The molecule has 31 heavy (non-hydrogen) atoms. The van der Waals surface area contributed by atoms with Gasteiger partial charge >= 0.3 is 0 Å². The van der Waals surface area contributed by atoms with Gasteiger partial charge in [-0.1, -0.05) is 18.2 Å². The standard InChI is InChI=1S/C22H23N3O5S/c1-29-17-8-7-14(13-18(17)30-2)9-11-23-22(31)24-19(26)10-12-25-20(27)15-5-3-4-6-16(15)21(25)28/h3-8,13H,9-12H2,1-2H3,(H2,23,24,26,31). The lowest BCUT2D eigenvalue weighted by atomic mass is 10.1. The fourth-order valence-corrected chi connectivity index (χ4v) is 3.46. The average Bonchev–Trinajstić information content (AvgIpc) is 3.02. The number of nitrogens with zero attached hydrogens (tertiary/aromatic N) is 1. The minimum Gasteiger partial charge on any atom is -0.493 e. The Morgan fingerprint density at radius 1 is 1.00 bits per heavy atom. The van der Waals surface area contributed by atoms with Crippen LogP contribution < -0.4 is 20.1 Å². The van der Waals surface area contributed by atoms with Crippen molar-refractivity contribution < 1.29 is 23.9 Å². The summed E-state index contributed by atoms with van der Waals surface area (Å²) in [4.78, 5) is 37.9. The molecule has 3 amide bonds. The second-order valence-electron chi connectivity index (χ2n) is 6.80. The summed E-state index contributed by atoms with van der Waals surface area (Å²) >= 11 is 5.15. The number of nitrogens with one attached hydrogen (secondary N) is 2. The maximum Gasteiger partial charge on any atom is 0.261 e. The van der Waals surface area contributed by atoms with Crippen LogP contribution >= 0.6 is 12.2 Å². The van der Waals surface area contributed by atoms with E-state index < -0.39 is 0 Å². The summed E-state index contributed by atoms with van der Waals surface area (Å²) in [6.07, 6.45) is 0.619. The van der Waals surface area contributed by atoms with E-state index in [0.717, 1.165) is 10.5 Å². The summed E-state index contributed by atoms with van der Waals surface area (Å²) in [6, 6.07) is 12.2. The van der Waals surface area contributed by atoms with Crippen LogP contribution in [0.3, 0.4) is 0 Å². The highest BCUT2D eigenvalue weighted by Crippen LogP contribution is 2.27. The van der Waals surface area contributed by atoms with Crippen molar-refractivity contribution in [2.24, 2.45) is 0 Å². The number of methoxy groups -OCH3 is 2. The van der Waals surface area contributed by atoms with Crippen molar-refractivity contribution >= 4 is 35.1 Å². The Balaban J connectivity index is 1.42. The van der Waals surface area contributed by atoms with E-state index in [0.29, 0.717) is 35.6 Å². The van der Waals surface area contributed by atoms with Crippen LogP contribution in [0.5, 0.6) is 11.5 Å². The molecule has 0 radical (unpaired) electrons. The largest absolute Gasteiger partial charge is 0.493 e. The van der Waals surface area contributed by atoms with Crippen molar-refractivity contribution in [2.75, 3.05) is 27.3 Å². The molecule has 9 heteroatoms. The summed E-state index contributed by atoms with van der Waals surface area (Å²) in [5.74, 6) is 0.150. The average molecular weight is 442 g/mol. The highest BCUT2D eigenvalue weighted by atomic mass is 32.1. The third kappa shape index (κ3) is 5.18. The lowest BCUT2D eigenvalue weighted by Crippen LogP contribution is -2.41. The van der Waals surface area contributed by atoms with Gasteiger partial charge in [-0.05, 0) is 48.5 Å². The molecule has 1 aliphatic heterocycles. The minimum absolute atomic E-state index is 0.00750. The van der Waals surface area contributed by atoms with Crippen molar-refractivity contribution in [2.45, 2.75) is 12.8 Å². The molecule has 0 spiro atoms. The number of fused-ring (bicyclic) bond motifs is 1. The fraction of sp³-hybridized carbons (Fsp3) is 0.273. The number of hydrogen-bond acceptors (Lipinski definition) is 6. The molecule has 1 aliphatic rings. The predicted molar refractivity (Wildman–Crippen MR) is 118 cm³/mol. The number of ether oxygens (including phenoxy) is 2. The zero-order chi connectivity index (χ0) is 22.4. The number of hydrogen-bond donors (Lipinski definition) is 2. The van der Waals surface area contributed by atoms with Crippen LogP contribution in [0.25, 0.3) is 0 Å². The van der Waals surface area contributed by atoms with Crippen LogP contribution in [0, 0.1) is 0 Å². The van der Waals surface area contributed by atoms with Crippen molar-refractivity contribution in [3.63, 3.8) is 0 Å². The van der Waals surface area contributed by atoms with Crippen molar-refractivity contribution in [3.05, 3.63) is 59.2 Å². The maximum absolute atomic E-state index is 12.3. The van der Waals surface area contributed by atoms with Crippen LogP contribution in [-0.2, 0) is 11.2 Å². The summed E-state index contributed by atoms with van der Waals surface area (Å²) in [5.41, 5.74) is 1.74. The van der Waals surface area contributed by atoms with Gasteiger partial charge in [0.25, 0.3) is 11.8 Å². The van der Waals surface area contributed by atoms with Gasteiger partial charge in [0.2, 0.25) is 5.91 Å². The first kappa shape index (κ1) is 22.2. The highest BCUT2D eigenvalue weighted by Gasteiger charge is 2.34.